The van der Waals surface area contributed by atoms with E-state index < -0.39 is 10.0 Å². The Balaban J connectivity index is 2.36. The van der Waals surface area contributed by atoms with Crippen molar-refractivity contribution in [2.75, 3.05) is 10.5 Å². The number of nitrogen functional groups attached to an aromatic ring is 1. The number of rotatable bonds is 3. The lowest BCUT2D eigenvalue weighted by atomic mass is 10.3. The van der Waals surface area contributed by atoms with Crippen LogP contribution in [0.4, 0.5) is 11.5 Å². The summed E-state index contributed by atoms with van der Waals surface area (Å²) in [6, 6.07) is 5.94. The molecule has 0 aliphatic heterocycles. The van der Waals surface area contributed by atoms with Gasteiger partial charge in [0.05, 0.1) is 16.3 Å². The van der Waals surface area contributed by atoms with Gasteiger partial charge in [-0.15, -0.1) is 0 Å². The van der Waals surface area contributed by atoms with Crippen molar-refractivity contribution in [2.24, 2.45) is 0 Å². The number of nitrogens with two attached hydrogens (primary N) is 1. The van der Waals surface area contributed by atoms with Crippen molar-refractivity contribution in [1.82, 2.24) is 9.97 Å². The zero-order valence-electron chi connectivity index (χ0n) is 10.6. The maximum atomic E-state index is 12.2. The van der Waals surface area contributed by atoms with Crippen molar-refractivity contribution >= 4 is 21.5 Å². The first-order valence-electron chi connectivity index (χ1n) is 5.57. The molecule has 2 rings (SSSR count). The number of sulfonamides is 1. The monoisotopic (exact) mass is 278 g/mol. The summed E-state index contributed by atoms with van der Waals surface area (Å²) in [6.45, 7) is 3.43. The van der Waals surface area contributed by atoms with E-state index in [9.17, 15) is 8.42 Å². The predicted octanol–water partition coefficient (Wildman–Crippen LogP) is 1.48. The van der Waals surface area contributed by atoms with Crippen LogP contribution in [-0.2, 0) is 10.0 Å². The SMILES string of the molecule is Cc1cnc(C)c(NS(=O)(=O)c2ccc(N)cc2)n1. The van der Waals surface area contributed by atoms with Gasteiger partial charge in [-0.25, -0.2) is 13.4 Å². The number of hydrogen-bond acceptors (Lipinski definition) is 5. The minimum absolute atomic E-state index is 0.129. The molecule has 1 heterocycles. The predicted molar refractivity (Wildman–Crippen MR) is 73.2 cm³/mol. The second-order valence-electron chi connectivity index (χ2n) is 4.12. The number of anilines is 2. The summed E-state index contributed by atoms with van der Waals surface area (Å²) in [4.78, 5) is 8.31. The Bertz CT molecular complexity index is 696. The van der Waals surface area contributed by atoms with Crippen LogP contribution in [0.1, 0.15) is 11.4 Å². The molecule has 19 heavy (non-hydrogen) atoms. The minimum atomic E-state index is -3.68. The van der Waals surface area contributed by atoms with E-state index in [-0.39, 0.29) is 10.7 Å². The lowest BCUT2D eigenvalue weighted by molar-refractivity contribution is 0.601. The topological polar surface area (TPSA) is 98.0 Å². The van der Waals surface area contributed by atoms with Gasteiger partial charge in [-0.05, 0) is 38.1 Å². The molecule has 0 fully saturated rings. The van der Waals surface area contributed by atoms with E-state index in [0.717, 1.165) is 0 Å². The first-order chi connectivity index (χ1) is 8.88. The highest BCUT2D eigenvalue weighted by Crippen LogP contribution is 2.17. The molecule has 1 aromatic heterocycles. The van der Waals surface area contributed by atoms with Gasteiger partial charge in [0.2, 0.25) is 0 Å². The summed E-state index contributed by atoms with van der Waals surface area (Å²) in [5.74, 6) is 0.233. The number of hydrogen-bond donors (Lipinski definition) is 2. The second-order valence-corrected chi connectivity index (χ2v) is 5.80. The number of aryl methyl sites for hydroxylation is 2. The Labute approximate surface area is 111 Å². The van der Waals surface area contributed by atoms with E-state index in [1.54, 1.807) is 20.0 Å². The summed E-state index contributed by atoms with van der Waals surface area (Å²) < 4.78 is 26.7. The molecule has 2 aromatic rings. The molecule has 0 radical (unpaired) electrons. The fourth-order valence-electron chi connectivity index (χ4n) is 1.47. The zero-order valence-corrected chi connectivity index (χ0v) is 11.4. The van der Waals surface area contributed by atoms with Crippen LogP contribution in [0.25, 0.3) is 0 Å². The van der Waals surface area contributed by atoms with Gasteiger partial charge in [-0.1, -0.05) is 0 Å². The maximum absolute atomic E-state index is 12.2. The Morgan fingerprint density at radius 1 is 1.16 bits per heavy atom. The summed E-state index contributed by atoms with van der Waals surface area (Å²) in [5.41, 5.74) is 7.19. The standard InChI is InChI=1S/C12H14N4O2S/c1-8-7-14-9(2)12(15-8)16-19(17,18)11-5-3-10(13)4-6-11/h3-7H,13H2,1-2H3,(H,15,16). The minimum Gasteiger partial charge on any atom is -0.399 e. The van der Waals surface area contributed by atoms with Crippen LogP contribution in [0, 0.1) is 13.8 Å². The van der Waals surface area contributed by atoms with Gasteiger partial charge in [0.15, 0.2) is 5.82 Å². The smallest absolute Gasteiger partial charge is 0.263 e. The molecule has 100 valence electrons. The largest absolute Gasteiger partial charge is 0.399 e. The van der Waals surface area contributed by atoms with Gasteiger partial charge in [-0.2, -0.15) is 0 Å². The summed E-state index contributed by atoms with van der Waals surface area (Å²) in [7, 11) is -3.68. The molecule has 1 aromatic carbocycles. The average molecular weight is 278 g/mol. The molecule has 0 saturated carbocycles. The van der Waals surface area contributed by atoms with Crippen LogP contribution in [0.3, 0.4) is 0 Å². The first-order valence-corrected chi connectivity index (χ1v) is 7.05. The average Bonchev–Trinajstić information content (AvgIpc) is 2.34. The summed E-state index contributed by atoms with van der Waals surface area (Å²) in [6.07, 6.45) is 1.58. The van der Waals surface area contributed by atoms with Crippen LogP contribution in [-0.4, -0.2) is 18.4 Å². The molecule has 6 nitrogen and oxygen atoms in total. The molecular weight excluding hydrogens is 264 g/mol. The quantitative estimate of drug-likeness (QED) is 0.829. The number of benzene rings is 1. The van der Waals surface area contributed by atoms with E-state index in [0.29, 0.717) is 17.1 Å². The number of nitrogens with one attached hydrogen (secondary N) is 1. The second kappa shape index (κ2) is 4.85. The molecule has 0 bridgehead atoms. The molecule has 3 N–H and O–H groups in total. The third kappa shape index (κ3) is 3.00. The fourth-order valence-corrected chi connectivity index (χ4v) is 2.53. The van der Waals surface area contributed by atoms with Crippen LogP contribution < -0.4 is 10.5 Å². The molecule has 0 unspecified atom stereocenters. The lowest BCUT2D eigenvalue weighted by Gasteiger charge is -2.09. The highest BCUT2D eigenvalue weighted by atomic mass is 32.2. The molecular formula is C12H14N4O2S. The molecule has 0 amide bonds. The Morgan fingerprint density at radius 3 is 2.42 bits per heavy atom. The lowest BCUT2D eigenvalue weighted by Crippen LogP contribution is -2.15. The van der Waals surface area contributed by atoms with Crippen LogP contribution in [0.15, 0.2) is 35.4 Å². The normalized spacial score (nSPS) is 11.3. The van der Waals surface area contributed by atoms with Crippen molar-refractivity contribution in [3.63, 3.8) is 0 Å². The van der Waals surface area contributed by atoms with E-state index in [4.69, 9.17) is 5.73 Å². The zero-order chi connectivity index (χ0) is 14.0. The third-order valence-electron chi connectivity index (χ3n) is 2.50. The van der Waals surface area contributed by atoms with Crippen molar-refractivity contribution in [3.05, 3.63) is 41.9 Å². The molecule has 0 aliphatic rings. The van der Waals surface area contributed by atoms with Gasteiger partial charge in [0.25, 0.3) is 10.0 Å². The molecule has 0 saturated heterocycles. The van der Waals surface area contributed by atoms with Crippen molar-refractivity contribution in [3.8, 4) is 0 Å². The van der Waals surface area contributed by atoms with E-state index in [1.165, 1.54) is 24.3 Å². The van der Waals surface area contributed by atoms with Gasteiger partial charge < -0.3 is 5.73 Å². The van der Waals surface area contributed by atoms with Crippen LogP contribution >= 0.6 is 0 Å². The Morgan fingerprint density at radius 2 is 1.79 bits per heavy atom. The Hall–Kier alpha value is -2.15. The van der Waals surface area contributed by atoms with E-state index >= 15 is 0 Å². The fraction of sp³-hybridized carbons (Fsp3) is 0.167. The highest BCUT2D eigenvalue weighted by molar-refractivity contribution is 7.92. The van der Waals surface area contributed by atoms with Crippen molar-refractivity contribution in [1.29, 1.82) is 0 Å². The van der Waals surface area contributed by atoms with Crippen LogP contribution in [0.5, 0.6) is 0 Å². The summed E-state index contributed by atoms with van der Waals surface area (Å²) in [5, 5.41) is 0. The third-order valence-corrected chi connectivity index (χ3v) is 3.85. The van der Waals surface area contributed by atoms with Crippen LogP contribution in [0.2, 0.25) is 0 Å². The molecule has 7 heteroatoms. The highest BCUT2D eigenvalue weighted by Gasteiger charge is 2.16. The van der Waals surface area contributed by atoms with Crippen molar-refractivity contribution in [2.45, 2.75) is 18.7 Å². The van der Waals surface area contributed by atoms with Gasteiger partial charge >= 0.3 is 0 Å². The van der Waals surface area contributed by atoms with Gasteiger partial charge in [0.1, 0.15) is 0 Å². The summed E-state index contributed by atoms with van der Waals surface area (Å²) >= 11 is 0. The van der Waals surface area contributed by atoms with Gasteiger partial charge in [-0.3, -0.25) is 9.71 Å². The molecule has 0 aliphatic carbocycles. The molecule has 0 atom stereocenters. The number of aromatic nitrogens is 2. The molecule has 0 spiro atoms. The van der Waals surface area contributed by atoms with E-state index in [1.807, 2.05) is 0 Å². The number of nitrogens with zero attached hydrogens (tertiary/aromatic N) is 2. The van der Waals surface area contributed by atoms with Crippen molar-refractivity contribution < 1.29 is 8.42 Å². The van der Waals surface area contributed by atoms with Gasteiger partial charge in [0, 0.05) is 11.9 Å². The Kier molecular flexibility index (Phi) is 3.39. The first kappa shape index (κ1) is 13.3. The van der Waals surface area contributed by atoms with E-state index in [2.05, 4.69) is 14.7 Å². The maximum Gasteiger partial charge on any atom is 0.263 e.